The molecule has 3 atom stereocenters. The van der Waals surface area contributed by atoms with Crippen molar-refractivity contribution >= 4 is 34.5 Å². The second kappa shape index (κ2) is 16.0. The zero-order valence-corrected chi connectivity index (χ0v) is 24.2. The van der Waals surface area contributed by atoms with Gasteiger partial charge in [-0.15, -0.1) is 22.7 Å². The number of aliphatic hydroxyl groups excluding tert-OH is 2. The highest BCUT2D eigenvalue weighted by molar-refractivity contribution is 7.16. The van der Waals surface area contributed by atoms with Crippen molar-refractivity contribution in [2.45, 2.75) is 51.4 Å². The molecule has 0 radical (unpaired) electrons. The van der Waals surface area contributed by atoms with Crippen LogP contribution in [0, 0.1) is 11.6 Å². The lowest BCUT2D eigenvalue weighted by Crippen LogP contribution is -2.44. The number of benzene rings is 2. The number of aryl methyl sites for hydroxylation is 1. The second-order valence-corrected chi connectivity index (χ2v) is 11.1. The molecular formula is C29H32F2N4O4S2. The summed E-state index contributed by atoms with van der Waals surface area (Å²) in [4.78, 5) is 33.8. The topological polar surface area (TPSA) is 124 Å². The number of rotatable bonds is 11. The summed E-state index contributed by atoms with van der Waals surface area (Å²) in [7, 11) is 0. The average molecular weight is 603 g/mol. The van der Waals surface area contributed by atoms with Crippen molar-refractivity contribution in [1.82, 2.24) is 20.6 Å². The van der Waals surface area contributed by atoms with Crippen LogP contribution in [0.15, 0.2) is 66.3 Å². The Morgan fingerprint density at radius 2 is 1.63 bits per heavy atom. The Labute approximate surface area is 245 Å². The Kier molecular flexibility index (Phi) is 12.5. The van der Waals surface area contributed by atoms with Gasteiger partial charge in [0.2, 0.25) is 5.91 Å². The first kappa shape index (κ1) is 31.9. The Bertz CT molecular complexity index is 1360. The van der Waals surface area contributed by atoms with E-state index in [1.165, 1.54) is 41.8 Å². The Morgan fingerprint density at radius 1 is 1.00 bits per heavy atom. The number of hydrogen-bond acceptors (Lipinski definition) is 8. The van der Waals surface area contributed by atoms with Crippen molar-refractivity contribution in [3.63, 3.8) is 0 Å². The highest BCUT2D eigenvalue weighted by Gasteiger charge is 2.25. The van der Waals surface area contributed by atoms with Crippen molar-refractivity contribution in [2.24, 2.45) is 0 Å². The predicted molar refractivity (Wildman–Crippen MR) is 156 cm³/mol. The standard InChI is InChI=1S/C25H22F2N4O3S2.C4H10O/c26-17-6-1-15(2-7-17)3-10-19(22(33)25-28-11-12-35-25)31-21(32)14-29-23(34)20-13-30-24(36-20)16-4-8-18(27)9-5-16;1-3-4(2)5/h1-2,4-9,11-13,19,22,33H,3,10,14H2,(H,29,34)(H,31,32);4-5H,3H2,1-2H3. The maximum Gasteiger partial charge on any atom is 0.263 e. The first-order chi connectivity index (χ1) is 19.7. The van der Waals surface area contributed by atoms with Gasteiger partial charge in [0, 0.05) is 17.1 Å². The van der Waals surface area contributed by atoms with Gasteiger partial charge in [0.15, 0.2) is 0 Å². The molecule has 0 aliphatic rings. The molecule has 4 rings (SSSR count). The minimum Gasteiger partial charge on any atom is -0.393 e. The van der Waals surface area contributed by atoms with Crippen LogP contribution in [0.5, 0.6) is 0 Å². The van der Waals surface area contributed by atoms with E-state index in [9.17, 15) is 23.5 Å². The summed E-state index contributed by atoms with van der Waals surface area (Å²) in [6.07, 6.45) is 3.54. The molecule has 0 spiro atoms. The molecule has 2 aromatic carbocycles. The first-order valence-electron chi connectivity index (χ1n) is 13.0. The number of nitrogens with zero attached hydrogens (tertiary/aromatic N) is 2. The van der Waals surface area contributed by atoms with Crippen LogP contribution in [0.1, 0.15) is 53.0 Å². The number of carbonyl (C=O) groups excluding carboxylic acids is 2. The molecule has 2 heterocycles. The molecule has 0 fully saturated rings. The summed E-state index contributed by atoms with van der Waals surface area (Å²) >= 11 is 2.39. The van der Waals surface area contributed by atoms with Crippen LogP contribution in [0.4, 0.5) is 8.78 Å². The molecule has 12 heteroatoms. The van der Waals surface area contributed by atoms with Crippen molar-refractivity contribution in [2.75, 3.05) is 6.54 Å². The van der Waals surface area contributed by atoms with Gasteiger partial charge in [-0.25, -0.2) is 18.7 Å². The quantitative estimate of drug-likeness (QED) is 0.194. The van der Waals surface area contributed by atoms with Gasteiger partial charge in [0.25, 0.3) is 5.91 Å². The van der Waals surface area contributed by atoms with E-state index in [2.05, 4.69) is 20.6 Å². The van der Waals surface area contributed by atoms with Crippen LogP contribution in [0.3, 0.4) is 0 Å². The van der Waals surface area contributed by atoms with Gasteiger partial charge in [-0.05, 0) is 68.1 Å². The molecule has 4 N–H and O–H groups in total. The fourth-order valence-electron chi connectivity index (χ4n) is 3.45. The smallest absolute Gasteiger partial charge is 0.263 e. The molecule has 0 aliphatic heterocycles. The van der Waals surface area contributed by atoms with E-state index < -0.39 is 24.0 Å². The van der Waals surface area contributed by atoms with Gasteiger partial charge < -0.3 is 20.8 Å². The van der Waals surface area contributed by atoms with E-state index in [1.807, 2.05) is 6.92 Å². The highest BCUT2D eigenvalue weighted by atomic mass is 32.1. The molecule has 41 heavy (non-hydrogen) atoms. The number of amides is 2. The lowest BCUT2D eigenvalue weighted by Gasteiger charge is -2.23. The largest absolute Gasteiger partial charge is 0.393 e. The van der Waals surface area contributed by atoms with E-state index in [-0.39, 0.29) is 24.3 Å². The monoisotopic (exact) mass is 602 g/mol. The fraction of sp³-hybridized carbons (Fsp3) is 0.310. The molecular weight excluding hydrogens is 570 g/mol. The van der Waals surface area contributed by atoms with E-state index in [4.69, 9.17) is 5.11 Å². The third kappa shape index (κ3) is 10.4. The van der Waals surface area contributed by atoms with Crippen molar-refractivity contribution in [3.8, 4) is 10.6 Å². The van der Waals surface area contributed by atoms with Crippen LogP contribution in [-0.2, 0) is 11.2 Å². The van der Waals surface area contributed by atoms with Crippen molar-refractivity contribution in [3.05, 3.63) is 93.4 Å². The van der Waals surface area contributed by atoms with E-state index >= 15 is 0 Å². The summed E-state index contributed by atoms with van der Waals surface area (Å²) in [6.45, 7) is 3.42. The van der Waals surface area contributed by atoms with E-state index in [1.54, 1.807) is 42.8 Å². The average Bonchev–Trinajstić information content (AvgIpc) is 3.68. The van der Waals surface area contributed by atoms with Crippen LogP contribution >= 0.6 is 22.7 Å². The molecule has 0 bridgehead atoms. The lowest BCUT2D eigenvalue weighted by atomic mass is 10.0. The van der Waals surface area contributed by atoms with Crippen LogP contribution in [-0.4, -0.2) is 50.7 Å². The summed E-state index contributed by atoms with van der Waals surface area (Å²) in [5, 5.41) is 27.2. The fourth-order valence-corrected chi connectivity index (χ4v) is 4.97. The van der Waals surface area contributed by atoms with Crippen molar-refractivity contribution < 1.29 is 28.6 Å². The molecule has 4 aromatic rings. The maximum absolute atomic E-state index is 13.2. The highest BCUT2D eigenvalue weighted by Crippen LogP contribution is 2.25. The van der Waals surface area contributed by atoms with Gasteiger partial charge in [-0.3, -0.25) is 9.59 Å². The molecule has 2 aromatic heterocycles. The van der Waals surface area contributed by atoms with Gasteiger partial charge in [-0.1, -0.05) is 19.1 Å². The number of aromatic nitrogens is 2. The molecule has 218 valence electrons. The van der Waals surface area contributed by atoms with Gasteiger partial charge in [-0.2, -0.15) is 0 Å². The summed E-state index contributed by atoms with van der Waals surface area (Å²) in [5.41, 5.74) is 1.54. The van der Waals surface area contributed by atoms with Crippen LogP contribution in [0.25, 0.3) is 10.6 Å². The molecule has 3 unspecified atom stereocenters. The Balaban J connectivity index is 0.000000850. The maximum atomic E-state index is 13.2. The summed E-state index contributed by atoms with van der Waals surface area (Å²) < 4.78 is 26.3. The number of aliphatic hydroxyl groups is 2. The molecule has 2 amide bonds. The SMILES string of the molecule is CCC(C)O.O=C(CNC(=O)c1cnc(-c2ccc(F)cc2)s1)NC(CCc1ccc(F)cc1)C(O)c1nccs1. The molecule has 0 saturated heterocycles. The van der Waals surface area contributed by atoms with Crippen LogP contribution in [0.2, 0.25) is 0 Å². The number of thiazole rings is 2. The second-order valence-electron chi connectivity index (χ2n) is 9.13. The minimum absolute atomic E-state index is 0.116. The van der Waals surface area contributed by atoms with Gasteiger partial charge in [0.1, 0.15) is 32.6 Å². The minimum atomic E-state index is -1.04. The zero-order chi connectivity index (χ0) is 29.8. The Hall–Kier alpha value is -3.58. The lowest BCUT2D eigenvalue weighted by molar-refractivity contribution is -0.121. The van der Waals surface area contributed by atoms with Gasteiger partial charge in [0.05, 0.1) is 24.9 Å². The third-order valence-electron chi connectivity index (χ3n) is 5.91. The molecule has 0 saturated carbocycles. The normalized spacial score (nSPS) is 12.9. The number of carbonyl (C=O) groups is 2. The van der Waals surface area contributed by atoms with Crippen LogP contribution < -0.4 is 10.6 Å². The number of halogens is 2. The third-order valence-corrected chi connectivity index (χ3v) is 7.80. The van der Waals surface area contributed by atoms with Crippen molar-refractivity contribution in [1.29, 1.82) is 0 Å². The zero-order valence-electron chi connectivity index (χ0n) is 22.6. The number of hydrogen-bond donors (Lipinski definition) is 4. The van der Waals surface area contributed by atoms with E-state index in [0.29, 0.717) is 33.3 Å². The Morgan fingerprint density at radius 3 is 2.22 bits per heavy atom. The molecule has 0 aliphatic carbocycles. The predicted octanol–water partition coefficient (Wildman–Crippen LogP) is 4.90. The number of nitrogens with one attached hydrogen (secondary N) is 2. The first-order valence-corrected chi connectivity index (χ1v) is 14.6. The van der Waals surface area contributed by atoms with E-state index in [0.717, 1.165) is 23.3 Å². The summed E-state index contributed by atoms with van der Waals surface area (Å²) in [6, 6.07) is 11.1. The summed E-state index contributed by atoms with van der Waals surface area (Å²) in [5.74, 6) is -1.66. The van der Waals surface area contributed by atoms with Gasteiger partial charge >= 0.3 is 0 Å². The molecule has 8 nitrogen and oxygen atoms in total.